The molecule has 3 N–H and O–H groups in total. The van der Waals surface area contributed by atoms with Gasteiger partial charge >= 0.3 is 0 Å². The fraction of sp³-hybridized carbons (Fsp3) is 0.154. The highest BCUT2D eigenvalue weighted by atomic mass is 15.2. The van der Waals surface area contributed by atoms with Crippen molar-refractivity contribution >= 4 is 10.9 Å². The molecule has 90 valence electrons. The van der Waals surface area contributed by atoms with Gasteiger partial charge in [-0.1, -0.05) is 24.3 Å². The number of rotatable bonds is 2. The molecule has 0 spiro atoms. The van der Waals surface area contributed by atoms with Crippen LogP contribution in [-0.4, -0.2) is 20.2 Å². The molecule has 0 aliphatic carbocycles. The van der Waals surface area contributed by atoms with Gasteiger partial charge in [0.05, 0.1) is 11.6 Å². The highest BCUT2D eigenvalue weighted by molar-refractivity contribution is 5.80. The summed E-state index contributed by atoms with van der Waals surface area (Å²) >= 11 is 0. The summed E-state index contributed by atoms with van der Waals surface area (Å²) < 4.78 is 0. The van der Waals surface area contributed by atoms with Crippen LogP contribution in [0, 0.1) is 0 Å². The number of aromatic nitrogens is 4. The SMILES string of the molecule is CC(N)c1nc(-c2ccc3ccccc3n2)n[nH]1. The summed E-state index contributed by atoms with van der Waals surface area (Å²) in [5, 5.41) is 8.06. The topological polar surface area (TPSA) is 80.5 Å². The standard InChI is InChI=1S/C13H13N5/c1-8(14)12-16-13(18-17-12)11-7-6-9-4-2-3-5-10(9)15-11/h2-8H,14H2,1H3,(H,16,17,18). The average molecular weight is 239 g/mol. The molecule has 5 nitrogen and oxygen atoms in total. The first kappa shape index (κ1) is 10.9. The molecule has 0 bridgehead atoms. The number of fused-ring (bicyclic) bond motifs is 1. The Hall–Kier alpha value is -2.27. The minimum atomic E-state index is -0.160. The molecule has 18 heavy (non-hydrogen) atoms. The van der Waals surface area contributed by atoms with E-state index in [1.165, 1.54) is 0 Å². The second kappa shape index (κ2) is 4.19. The Balaban J connectivity index is 2.07. The maximum Gasteiger partial charge on any atom is 0.199 e. The van der Waals surface area contributed by atoms with Crippen LogP contribution in [0.25, 0.3) is 22.4 Å². The molecule has 0 aliphatic heterocycles. The average Bonchev–Trinajstić information content (AvgIpc) is 2.88. The van der Waals surface area contributed by atoms with Crippen molar-refractivity contribution in [1.82, 2.24) is 20.2 Å². The number of nitrogens with one attached hydrogen (secondary N) is 1. The van der Waals surface area contributed by atoms with Crippen molar-refractivity contribution in [3.63, 3.8) is 0 Å². The first-order chi connectivity index (χ1) is 8.74. The predicted octanol–water partition coefficient (Wildman–Crippen LogP) is 2.04. The van der Waals surface area contributed by atoms with Gasteiger partial charge in [0.2, 0.25) is 0 Å². The summed E-state index contributed by atoms with van der Waals surface area (Å²) in [7, 11) is 0. The van der Waals surface area contributed by atoms with Crippen LogP contribution in [0.1, 0.15) is 18.8 Å². The molecule has 2 aromatic heterocycles. The number of aromatic amines is 1. The lowest BCUT2D eigenvalue weighted by Gasteiger charge is -1.99. The molecule has 0 saturated carbocycles. The number of hydrogen-bond donors (Lipinski definition) is 2. The number of nitrogens with two attached hydrogens (primary N) is 1. The lowest BCUT2D eigenvalue weighted by molar-refractivity contribution is 0.745. The normalized spacial score (nSPS) is 12.8. The molecule has 1 unspecified atom stereocenters. The van der Waals surface area contributed by atoms with Gasteiger partial charge in [0.1, 0.15) is 11.5 Å². The molecule has 0 saturated heterocycles. The Morgan fingerprint density at radius 3 is 2.72 bits per heavy atom. The Morgan fingerprint density at radius 2 is 1.94 bits per heavy atom. The molecule has 0 aliphatic rings. The third kappa shape index (κ3) is 1.84. The Kier molecular flexibility index (Phi) is 2.53. The van der Waals surface area contributed by atoms with Crippen LogP contribution in [-0.2, 0) is 0 Å². The van der Waals surface area contributed by atoms with Crippen molar-refractivity contribution in [2.75, 3.05) is 0 Å². The summed E-state index contributed by atoms with van der Waals surface area (Å²) in [5.41, 5.74) is 7.42. The lowest BCUT2D eigenvalue weighted by atomic mass is 10.2. The third-order valence-electron chi connectivity index (χ3n) is 2.76. The molecule has 3 rings (SSSR count). The van der Waals surface area contributed by atoms with Crippen molar-refractivity contribution in [2.45, 2.75) is 13.0 Å². The summed E-state index contributed by atoms with van der Waals surface area (Å²) in [6.07, 6.45) is 0. The number of para-hydroxylation sites is 1. The fourth-order valence-corrected chi connectivity index (χ4v) is 1.78. The van der Waals surface area contributed by atoms with Crippen molar-refractivity contribution in [2.24, 2.45) is 5.73 Å². The van der Waals surface area contributed by atoms with Crippen molar-refractivity contribution in [1.29, 1.82) is 0 Å². The van der Waals surface area contributed by atoms with Gasteiger partial charge in [-0.25, -0.2) is 9.97 Å². The quantitative estimate of drug-likeness (QED) is 0.717. The van der Waals surface area contributed by atoms with Crippen molar-refractivity contribution in [3.05, 3.63) is 42.2 Å². The van der Waals surface area contributed by atoms with Gasteiger partial charge in [-0.2, -0.15) is 5.10 Å². The molecule has 1 aromatic carbocycles. The predicted molar refractivity (Wildman–Crippen MR) is 69.7 cm³/mol. The van der Waals surface area contributed by atoms with Crippen LogP contribution >= 0.6 is 0 Å². The van der Waals surface area contributed by atoms with Gasteiger partial charge in [0.15, 0.2) is 5.82 Å². The van der Waals surface area contributed by atoms with E-state index in [9.17, 15) is 0 Å². The number of benzene rings is 1. The van der Waals surface area contributed by atoms with E-state index in [0.717, 1.165) is 16.6 Å². The first-order valence-electron chi connectivity index (χ1n) is 5.78. The van der Waals surface area contributed by atoms with Gasteiger partial charge in [0, 0.05) is 5.39 Å². The zero-order valence-corrected chi connectivity index (χ0v) is 9.96. The smallest absolute Gasteiger partial charge is 0.199 e. The summed E-state index contributed by atoms with van der Waals surface area (Å²) in [6, 6.07) is 11.7. The first-order valence-corrected chi connectivity index (χ1v) is 5.78. The molecule has 5 heteroatoms. The maximum atomic E-state index is 5.74. The summed E-state index contributed by atoms with van der Waals surface area (Å²) in [4.78, 5) is 8.86. The van der Waals surface area contributed by atoms with Crippen molar-refractivity contribution < 1.29 is 0 Å². The lowest BCUT2D eigenvalue weighted by Crippen LogP contribution is -2.06. The van der Waals surface area contributed by atoms with Gasteiger partial charge in [-0.15, -0.1) is 0 Å². The molecule has 1 atom stereocenters. The minimum absolute atomic E-state index is 0.160. The van der Waals surface area contributed by atoms with E-state index in [4.69, 9.17) is 5.73 Å². The second-order valence-electron chi connectivity index (χ2n) is 4.22. The monoisotopic (exact) mass is 239 g/mol. The zero-order valence-electron chi connectivity index (χ0n) is 9.96. The molecule has 0 radical (unpaired) electrons. The Morgan fingerprint density at radius 1 is 1.11 bits per heavy atom. The van der Waals surface area contributed by atoms with Crippen LogP contribution in [0.15, 0.2) is 36.4 Å². The van der Waals surface area contributed by atoms with E-state index in [-0.39, 0.29) is 6.04 Å². The molecule has 3 aromatic rings. The van der Waals surface area contributed by atoms with E-state index in [1.54, 1.807) is 0 Å². The van der Waals surface area contributed by atoms with Crippen LogP contribution in [0.3, 0.4) is 0 Å². The highest BCUT2D eigenvalue weighted by Crippen LogP contribution is 2.18. The van der Waals surface area contributed by atoms with Crippen molar-refractivity contribution in [3.8, 4) is 11.5 Å². The van der Waals surface area contributed by atoms with E-state index in [1.807, 2.05) is 43.3 Å². The van der Waals surface area contributed by atoms with Gasteiger partial charge < -0.3 is 5.73 Å². The number of H-pyrrole nitrogens is 1. The molecule has 0 amide bonds. The Bertz CT molecular complexity index is 686. The van der Waals surface area contributed by atoms with Gasteiger partial charge in [0.25, 0.3) is 0 Å². The van der Waals surface area contributed by atoms with Crippen LogP contribution in [0.5, 0.6) is 0 Å². The number of nitrogens with zero attached hydrogens (tertiary/aromatic N) is 3. The maximum absolute atomic E-state index is 5.74. The fourth-order valence-electron chi connectivity index (χ4n) is 1.78. The van der Waals surface area contributed by atoms with E-state index in [2.05, 4.69) is 20.2 Å². The van der Waals surface area contributed by atoms with Gasteiger partial charge in [-0.3, -0.25) is 5.10 Å². The van der Waals surface area contributed by atoms with Crippen LogP contribution < -0.4 is 5.73 Å². The van der Waals surface area contributed by atoms with Crippen LogP contribution in [0.4, 0.5) is 0 Å². The summed E-state index contributed by atoms with van der Waals surface area (Å²) in [5.74, 6) is 1.24. The second-order valence-corrected chi connectivity index (χ2v) is 4.22. The molecule has 2 heterocycles. The van der Waals surface area contributed by atoms with E-state index in [0.29, 0.717) is 11.6 Å². The minimum Gasteiger partial charge on any atom is -0.322 e. The highest BCUT2D eigenvalue weighted by Gasteiger charge is 2.10. The molecular formula is C13H13N5. The molecular weight excluding hydrogens is 226 g/mol. The molecule has 0 fully saturated rings. The Labute approximate surface area is 104 Å². The van der Waals surface area contributed by atoms with E-state index < -0.39 is 0 Å². The van der Waals surface area contributed by atoms with Crippen LogP contribution in [0.2, 0.25) is 0 Å². The largest absolute Gasteiger partial charge is 0.322 e. The van der Waals surface area contributed by atoms with Gasteiger partial charge in [-0.05, 0) is 19.1 Å². The number of pyridine rings is 1. The van der Waals surface area contributed by atoms with E-state index >= 15 is 0 Å². The number of hydrogen-bond acceptors (Lipinski definition) is 4. The third-order valence-corrected chi connectivity index (χ3v) is 2.76. The summed E-state index contributed by atoms with van der Waals surface area (Å²) in [6.45, 7) is 1.86. The zero-order chi connectivity index (χ0) is 12.5.